The van der Waals surface area contributed by atoms with E-state index in [2.05, 4.69) is 20.9 Å². The third kappa shape index (κ3) is 4.26. The molecule has 0 aliphatic heterocycles. The number of benzene rings is 1. The number of rotatable bonds is 6. The average molecular weight is 378 g/mol. The molecule has 0 fully saturated rings. The van der Waals surface area contributed by atoms with Crippen molar-refractivity contribution in [2.45, 2.75) is 17.9 Å². The topological polar surface area (TPSA) is 87.2 Å². The van der Waals surface area contributed by atoms with Crippen LogP contribution in [0.25, 0.3) is 0 Å². The Balaban J connectivity index is 1.99. The zero-order valence-corrected chi connectivity index (χ0v) is 13.3. The normalized spacial score (nSPS) is 11.6. The second-order valence-corrected chi connectivity index (χ2v) is 6.64. The maximum absolute atomic E-state index is 13.7. The van der Waals surface area contributed by atoms with Crippen LogP contribution in [-0.4, -0.2) is 24.6 Å². The number of sulfonamides is 1. The Bertz CT molecular complexity index is 720. The Morgan fingerprint density at radius 1 is 1.43 bits per heavy atom. The van der Waals surface area contributed by atoms with Crippen LogP contribution in [0.2, 0.25) is 0 Å². The standard InChI is InChI=1S/C12H13BrFN3O3S/c13-9-6-12(21(15,18)19)10(14)7-11(9)20-5-1-3-17-4-2-16-8-17/h2,4,6-8H,1,3,5H2,(H2,15,18,19). The molecule has 0 aliphatic rings. The van der Waals surface area contributed by atoms with Crippen LogP contribution in [-0.2, 0) is 16.6 Å². The molecule has 2 rings (SSSR count). The average Bonchev–Trinajstić information content (AvgIpc) is 2.90. The second-order valence-electron chi connectivity index (χ2n) is 4.26. The Kier molecular flexibility index (Phi) is 4.96. The smallest absolute Gasteiger partial charge is 0.241 e. The van der Waals surface area contributed by atoms with Gasteiger partial charge in [0.1, 0.15) is 16.5 Å². The van der Waals surface area contributed by atoms with Crippen LogP contribution >= 0.6 is 15.9 Å². The van der Waals surface area contributed by atoms with Crippen molar-refractivity contribution < 1.29 is 17.5 Å². The molecule has 0 aliphatic carbocycles. The SMILES string of the molecule is NS(=O)(=O)c1cc(Br)c(OCCCn2ccnc2)cc1F. The van der Waals surface area contributed by atoms with Crippen molar-refractivity contribution >= 4 is 26.0 Å². The van der Waals surface area contributed by atoms with Crippen LogP contribution in [0.4, 0.5) is 4.39 Å². The molecule has 9 heteroatoms. The van der Waals surface area contributed by atoms with Crippen molar-refractivity contribution in [1.82, 2.24) is 9.55 Å². The Morgan fingerprint density at radius 2 is 2.19 bits per heavy atom. The number of nitrogens with two attached hydrogens (primary N) is 1. The van der Waals surface area contributed by atoms with Crippen molar-refractivity contribution in [2.75, 3.05) is 6.61 Å². The Hall–Kier alpha value is -1.45. The number of aryl methyl sites for hydroxylation is 1. The molecule has 1 aromatic heterocycles. The number of aromatic nitrogens is 2. The van der Waals surface area contributed by atoms with E-state index in [1.807, 2.05) is 10.8 Å². The van der Waals surface area contributed by atoms with Gasteiger partial charge in [0, 0.05) is 25.0 Å². The highest BCUT2D eigenvalue weighted by Crippen LogP contribution is 2.30. The molecule has 0 atom stereocenters. The first-order valence-corrected chi connectivity index (χ1v) is 8.32. The van der Waals surface area contributed by atoms with Gasteiger partial charge in [-0.05, 0) is 28.4 Å². The summed E-state index contributed by atoms with van der Waals surface area (Å²) in [6, 6.07) is 2.09. The molecule has 0 spiro atoms. The summed E-state index contributed by atoms with van der Waals surface area (Å²) in [4.78, 5) is 3.34. The summed E-state index contributed by atoms with van der Waals surface area (Å²) in [5, 5.41) is 4.91. The molecule has 0 unspecified atom stereocenters. The molecule has 6 nitrogen and oxygen atoms in total. The number of ether oxygens (including phenoxy) is 1. The van der Waals surface area contributed by atoms with Gasteiger partial charge in [0.05, 0.1) is 17.4 Å². The molecule has 1 aromatic carbocycles. The van der Waals surface area contributed by atoms with Gasteiger partial charge in [0.15, 0.2) is 0 Å². The van der Waals surface area contributed by atoms with Crippen LogP contribution in [0, 0.1) is 5.82 Å². The molecular formula is C12H13BrFN3O3S. The molecule has 1 heterocycles. The predicted octanol–water partition coefficient (Wildman–Crippen LogP) is 1.90. The van der Waals surface area contributed by atoms with Gasteiger partial charge in [-0.15, -0.1) is 0 Å². The van der Waals surface area contributed by atoms with Crippen LogP contribution in [0.1, 0.15) is 6.42 Å². The number of primary sulfonamides is 1. The Morgan fingerprint density at radius 3 is 2.81 bits per heavy atom. The summed E-state index contributed by atoms with van der Waals surface area (Å²) in [7, 11) is -4.10. The van der Waals surface area contributed by atoms with Gasteiger partial charge in [-0.2, -0.15) is 0 Å². The molecule has 114 valence electrons. The van der Waals surface area contributed by atoms with Crippen molar-refractivity contribution in [3.63, 3.8) is 0 Å². The number of nitrogens with zero attached hydrogens (tertiary/aromatic N) is 2. The maximum Gasteiger partial charge on any atom is 0.241 e. The predicted molar refractivity (Wildman–Crippen MR) is 77.8 cm³/mol. The second kappa shape index (κ2) is 6.54. The highest BCUT2D eigenvalue weighted by Gasteiger charge is 2.17. The van der Waals surface area contributed by atoms with Crippen molar-refractivity contribution in [2.24, 2.45) is 5.14 Å². The summed E-state index contributed by atoms with van der Waals surface area (Å²) in [5.41, 5.74) is 0. The van der Waals surface area contributed by atoms with E-state index in [-0.39, 0.29) is 5.75 Å². The molecule has 0 amide bonds. The van der Waals surface area contributed by atoms with Gasteiger partial charge in [-0.1, -0.05) is 0 Å². The maximum atomic E-state index is 13.7. The third-order valence-electron chi connectivity index (χ3n) is 2.67. The summed E-state index contributed by atoms with van der Waals surface area (Å²) in [5.74, 6) is -0.712. The molecule has 0 bridgehead atoms. The van der Waals surface area contributed by atoms with E-state index >= 15 is 0 Å². The van der Waals surface area contributed by atoms with Crippen molar-refractivity contribution in [3.8, 4) is 5.75 Å². The number of halogens is 2. The first-order chi connectivity index (χ1) is 9.88. The van der Waals surface area contributed by atoms with E-state index in [9.17, 15) is 12.8 Å². The quantitative estimate of drug-likeness (QED) is 0.778. The van der Waals surface area contributed by atoms with E-state index in [4.69, 9.17) is 9.88 Å². The zero-order valence-electron chi connectivity index (χ0n) is 10.9. The van der Waals surface area contributed by atoms with E-state index < -0.39 is 20.7 Å². The third-order valence-corrected chi connectivity index (χ3v) is 4.22. The summed E-state index contributed by atoms with van der Waals surface area (Å²) in [6.07, 6.45) is 5.90. The van der Waals surface area contributed by atoms with E-state index in [1.54, 1.807) is 12.5 Å². The molecule has 0 saturated carbocycles. The fourth-order valence-corrected chi connectivity index (χ4v) is 2.91. The summed E-state index contributed by atoms with van der Waals surface area (Å²) >= 11 is 3.14. The molecule has 0 radical (unpaired) electrons. The lowest BCUT2D eigenvalue weighted by Crippen LogP contribution is -2.14. The van der Waals surface area contributed by atoms with Crippen molar-refractivity contribution in [1.29, 1.82) is 0 Å². The number of hydrogen-bond acceptors (Lipinski definition) is 4. The van der Waals surface area contributed by atoms with Gasteiger partial charge in [0.25, 0.3) is 0 Å². The highest BCUT2D eigenvalue weighted by molar-refractivity contribution is 9.10. The fraction of sp³-hybridized carbons (Fsp3) is 0.250. The molecule has 2 aromatic rings. The lowest BCUT2D eigenvalue weighted by Gasteiger charge is -2.10. The van der Waals surface area contributed by atoms with Crippen LogP contribution in [0.3, 0.4) is 0 Å². The largest absolute Gasteiger partial charge is 0.492 e. The van der Waals surface area contributed by atoms with E-state index in [1.165, 1.54) is 0 Å². The lowest BCUT2D eigenvalue weighted by atomic mass is 10.3. The van der Waals surface area contributed by atoms with E-state index in [0.717, 1.165) is 18.7 Å². The monoisotopic (exact) mass is 377 g/mol. The lowest BCUT2D eigenvalue weighted by molar-refractivity contribution is 0.298. The number of hydrogen-bond donors (Lipinski definition) is 1. The highest BCUT2D eigenvalue weighted by atomic mass is 79.9. The molecule has 21 heavy (non-hydrogen) atoms. The van der Waals surface area contributed by atoms with Crippen LogP contribution < -0.4 is 9.88 Å². The summed E-state index contributed by atoms with van der Waals surface area (Å²) < 4.78 is 43.7. The molecular weight excluding hydrogens is 365 g/mol. The van der Waals surface area contributed by atoms with Crippen molar-refractivity contribution in [3.05, 3.63) is 41.1 Å². The minimum Gasteiger partial charge on any atom is -0.492 e. The zero-order chi connectivity index (χ0) is 15.5. The molecule has 2 N–H and O–H groups in total. The minimum atomic E-state index is -4.10. The van der Waals surface area contributed by atoms with Crippen LogP contribution in [0.15, 0.2) is 40.2 Å². The fourth-order valence-electron chi connectivity index (χ4n) is 1.69. The van der Waals surface area contributed by atoms with E-state index in [0.29, 0.717) is 17.5 Å². The first kappa shape index (κ1) is 15.9. The van der Waals surface area contributed by atoms with Gasteiger partial charge in [-0.3, -0.25) is 0 Å². The van der Waals surface area contributed by atoms with Gasteiger partial charge in [0.2, 0.25) is 10.0 Å². The van der Waals surface area contributed by atoms with Gasteiger partial charge in [-0.25, -0.2) is 22.9 Å². The van der Waals surface area contributed by atoms with Gasteiger partial charge >= 0.3 is 0 Å². The Labute approximate surface area is 129 Å². The number of imidazole rings is 1. The first-order valence-electron chi connectivity index (χ1n) is 5.98. The molecule has 0 saturated heterocycles. The minimum absolute atomic E-state index is 0.227. The van der Waals surface area contributed by atoms with Crippen LogP contribution in [0.5, 0.6) is 5.75 Å². The summed E-state index contributed by atoms with van der Waals surface area (Å²) in [6.45, 7) is 1.07. The van der Waals surface area contributed by atoms with Gasteiger partial charge < -0.3 is 9.30 Å².